The molecule has 126 valence electrons. The molecule has 0 atom stereocenters. The molecular formula is C19H12ClN5O. The van der Waals surface area contributed by atoms with E-state index in [-0.39, 0.29) is 17.1 Å². The minimum Gasteiger partial charge on any atom is -0.507 e. The number of para-hydroxylation sites is 2. The Morgan fingerprint density at radius 2 is 1.88 bits per heavy atom. The molecule has 0 amide bonds. The number of nitrogens with two attached hydrogens (primary N) is 1. The number of halogens is 1. The molecule has 4 N–H and O–H groups in total. The fraction of sp³-hybridized carbons (Fsp3) is 0. The van der Waals surface area contributed by atoms with Crippen LogP contribution < -0.4 is 5.73 Å². The molecule has 4 aromatic rings. The maximum Gasteiger partial charge on any atom is 0.157 e. The monoisotopic (exact) mass is 361 g/mol. The van der Waals surface area contributed by atoms with E-state index in [9.17, 15) is 10.4 Å². The van der Waals surface area contributed by atoms with Gasteiger partial charge in [-0.15, -0.1) is 0 Å². The standard InChI is InChI=1S/C19H12ClN5O/c20-10-5-6-11(17(26)7-10)12-8-16(23-18(22)13(12)9-21)19-24-14-3-1-2-4-15(14)25-19/h1-8,26H,(H2,22,23)(H,24,25). The topological polar surface area (TPSA) is 112 Å². The molecule has 4 rings (SSSR count). The smallest absolute Gasteiger partial charge is 0.157 e. The van der Waals surface area contributed by atoms with Crippen molar-refractivity contribution in [2.24, 2.45) is 0 Å². The van der Waals surface area contributed by atoms with E-state index in [1.807, 2.05) is 30.3 Å². The summed E-state index contributed by atoms with van der Waals surface area (Å²) in [5.74, 6) is 0.544. The molecule has 0 unspecified atom stereocenters. The van der Waals surface area contributed by atoms with Crippen LogP contribution in [0.1, 0.15) is 5.56 Å². The van der Waals surface area contributed by atoms with Crippen LogP contribution >= 0.6 is 11.6 Å². The summed E-state index contributed by atoms with van der Waals surface area (Å²) in [4.78, 5) is 12.0. The molecule has 6 nitrogen and oxygen atoms in total. The van der Waals surface area contributed by atoms with Gasteiger partial charge in [0.25, 0.3) is 0 Å². The summed E-state index contributed by atoms with van der Waals surface area (Å²) in [6.07, 6.45) is 0. The van der Waals surface area contributed by atoms with Crippen LogP contribution in [-0.2, 0) is 0 Å². The van der Waals surface area contributed by atoms with Crippen molar-refractivity contribution >= 4 is 28.5 Å². The van der Waals surface area contributed by atoms with Crippen molar-refractivity contribution < 1.29 is 5.11 Å². The lowest BCUT2D eigenvalue weighted by atomic mass is 9.99. The lowest BCUT2D eigenvalue weighted by molar-refractivity contribution is 0.477. The quantitative estimate of drug-likeness (QED) is 0.497. The third kappa shape index (κ3) is 2.61. The number of phenolic OH excluding ortho intramolecular Hbond substituents is 1. The number of phenols is 1. The van der Waals surface area contributed by atoms with E-state index in [2.05, 4.69) is 15.0 Å². The maximum atomic E-state index is 10.3. The van der Waals surface area contributed by atoms with E-state index in [1.54, 1.807) is 18.2 Å². The number of aromatic amines is 1. The van der Waals surface area contributed by atoms with Gasteiger partial charge in [0.15, 0.2) is 5.82 Å². The van der Waals surface area contributed by atoms with Crippen LogP contribution in [-0.4, -0.2) is 20.1 Å². The van der Waals surface area contributed by atoms with Crippen LogP contribution in [0.25, 0.3) is 33.7 Å². The number of nitrogen functional groups attached to an aromatic ring is 1. The highest BCUT2D eigenvalue weighted by Crippen LogP contribution is 2.36. The number of rotatable bonds is 2. The van der Waals surface area contributed by atoms with E-state index in [0.29, 0.717) is 27.7 Å². The van der Waals surface area contributed by atoms with E-state index < -0.39 is 0 Å². The lowest BCUT2D eigenvalue weighted by Crippen LogP contribution is -2.00. The first kappa shape index (κ1) is 15.9. The molecule has 2 heterocycles. The van der Waals surface area contributed by atoms with Gasteiger partial charge in [0.2, 0.25) is 0 Å². The van der Waals surface area contributed by atoms with E-state index in [4.69, 9.17) is 17.3 Å². The number of benzene rings is 2. The Balaban J connectivity index is 1.95. The van der Waals surface area contributed by atoms with Crippen molar-refractivity contribution in [3.63, 3.8) is 0 Å². The second kappa shape index (κ2) is 6.06. The molecule has 0 radical (unpaired) electrons. The van der Waals surface area contributed by atoms with Gasteiger partial charge in [0.05, 0.1) is 11.0 Å². The number of fused-ring (bicyclic) bond motifs is 1. The Bertz CT molecular complexity index is 1160. The number of H-pyrrole nitrogens is 1. The van der Waals surface area contributed by atoms with Gasteiger partial charge < -0.3 is 15.8 Å². The van der Waals surface area contributed by atoms with Crippen LogP contribution in [0, 0.1) is 11.3 Å². The average Bonchev–Trinajstić information content (AvgIpc) is 3.05. The Hall–Kier alpha value is -3.56. The average molecular weight is 362 g/mol. The summed E-state index contributed by atoms with van der Waals surface area (Å²) in [6, 6.07) is 16.0. The molecule has 0 spiro atoms. The Morgan fingerprint density at radius 1 is 1.08 bits per heavy atom. The highest BCUT2D eigenvalue weighted by molar-refractivity contribution is 6.30. The number of aromatic nitrogens is 3. The van der Waals surface area contributed by atoms with Crippen molar-refractivity contribution in [3.8, 4) is 34.5 Å². The van der Waals surface area contributed by atoms with Gasteiger partial charge >= 0.3 is 0 Å². The number of anilines is 1. The zero-order valence-electron chi connectivity index (χ0n) is 13.4. The summed E-state index contributed by atoms with van der Waals surface area (Å²) in [6.45, 7) is 0. The van der Waals surface area contributed by atoms with E-state index in [0.717, 1.165) is 11.0 Å². The molecule has 0 saturated heterocycles. The summed E-state index contributed by atoms with van der Waals surface area (Å²) >= 11 is 5.90. The second-order valence-corrected chi connectivity index (χ2v) is 6.13. The second-order valence-electron chi connectivity index (χ2n) is 5.69. The number of nitrogens with zero attached hydrogens (tertiary/aromatic N) is 3. The number of nitrogens with one attached hydrogen (secondary N) is 1. The van der Waals surface area contributed by atoms with Gasteiger partial charge in [0.1, 0.15) is 28.9 Å². The number of nitriles is 1. The van der Waals surface area contributed by atoms with Gasteiger partial charge in [-0.2, -0.15) is 5.26 Å². The highest BCUT2D eigenvalue weighted by atomic mass is 35.5. The van der Waals surface area contributed by atoms with Crippen molar-refractivity contribution in [2.75, 3.05) is 5.73 Å². The number of pyridine rings is 1. The van der Waals surface area contributed by atoms with Crippen molar-refractivity contribution in [2.45, 2.75) is 0 Å². The van der Waals surface area contributed by atoms with Crippen LogP contribution in [0.5, 0.6) is 5.75 Å². The van der Waals surface area contributed by atoms with Gasteiger partial charge in [-0.05, 0) is 36.4 Å². The minimum absolute atomic E-state index is 0.0462. The molecule has 2 aromatic carbocycles. The highest BCUT2D eigenvalue weighted by Gasteiger charge is 2.17. The normalized spacial score (nSPS) is 10.8. The number of hydrogen-bond acceptors (Lipinski definition) is 5. The molecule has 0 fully saturated rings. The predicted octanol–water partition coefficient (Wildman–Crippen LogP) is 4.10. The van der Waals surface area contributed by atoms with Crippen molar-refractivity contribution in [1.82, 2.24) is 15.0 Å². The fourth-order valence-electron chi connectivity index (χ4n) is 2.82. The summed E-state index contributed by atoms with van der Waals surface area (Å²) in [5.41, 5.74) is 9.22. The van der Waals surface area contributed by atoms with Crippen LogP contribution in [0.15, 0.2) is 48.5 Å². The van der Waals surface area contributed by atoms with Crippen molar-refractivity contribution in [3.05, 3.63) is 59.1 Å². The lowest BCUT2D eigenvalue weighted by Gasteiger charge is -2.10. The maximum absolute atomic E-state index is 10.3. The summed E-state index contributed by atoms with van der Waals surface area (Å²) in [7, 11) is 0. The van der Waals surface area contributed by atoms with Crippen LogP contribution in [0.2, 0.25) is 5.02 Å². The van der Waals surface area contributed by atoms with Gasteiger partial charge in [-0.25, -0.2) is 9.97 Å². The third-order valence-corrected chi connectivity index (χ3v) is 4.28. The SMILES string of the molecule is N#Cc1c(-c2ccc(Cl)cc2O)cc(-c2nc3ccccc3[nH]2)nc1N. The van der Waals surface area contributed by atoms with Crippen LogP contribution in [0.4, 0.5) is 5.82 Å². The van der Waals surface area contributed by atoms with Gasteiger partial charge in [-0.3, -0.25) is 0 Å². The Morgan fingerprint density at radius 3 is 2.62 bits per heavy atom. The first-order valence-electron chi connectivity index (χ1n) is 7.71. The first-order chi connectivity index (χ1) is 12.6. The zero-order chi connectivity index (χ0) is 18.3. The minimum atomic E-state index is -0.0462. The molecule has 2 aromatic heterocycles. The Labute approximate surface area is 153 Å². The summed E-state index contributed by atoms with van der Waals surface area (Å²) in [5, 5.41) is 20.1. The molecule has 0 aliphatic heterocycles. The predicted molar refractivity (Wildman–Crippen MR) is 101 cm³/mol. The fourth-order valence-corrected chi connectivity index (χ4v) is 2.99. The number of aromatic hydroxyl groups is 1. The molecule has 0 saturated carbocycles. The Kier molecular flexibility index (Phi) is 3.72. The van der Waals surface area contributed by atoms with Crippen molar-refractivity contribution in [1.29, 1.82) is 5.26 Å². The van der Waals surface area contributed by atoms with Gasteiger partial charge in [-0.1, -0.05) is 23.7 Å². The molecule has 0 bridgehead atoms. The number of hydrogen-bond donors (Lipinski definition) is 3. The largest absolute Gasteiger partial charge is 0.507 e. The van der Waals surface area contributed by atoms with E-state index in [1.165, 1.54) is 6.07 Å². The first-order valence-corrected chi connectivity index (χ1v) is 8.09. The molecule has 26 heavy (non-hydrogen) atoms. The molecule has 0 aliphatic carbocycles. The van der Waals surface area contributed by atoms with Crippen LogP contribution in [0.3, 0.4) is 0 Å². The zero-order valence-corrected chi connectivity index (χ0v) is 14.1. The number of imidazole rings is 1. The molecule has 0 aliphatic rings. The van der Waals surface area contributed by atoms with Gasteiger partial charge in [0, 0.05) is 16.1 Å². The van der Waals surface area contributed by atoms with E-state index >= 15 is 0 Å². The molecular weight excluding hydrogens is 350 g/mol. The molecule has 7 heteroatoms. The third-order valence-electron chi connectivity index (χ3n) is 4.04. The summed E-state index contributed by atoms with van der Waals surface area (Å²) < 4.78 is 0.